The van der Waals surface area contributed by atoms with Crippen molar-refractivity contribution >= 4 is 18.2 Å². The van der Waals surface area contributed by atoms with Crippen LogP contribution < -0.4 is 11.1 Å². The molecule has 0 radical (unpaired) electrons. The Kier molecular flexibility index (Phi) is 4.85. The highest BCUT2D eigenvalue weighted by molar-refractivity contribution is 5.85. The number of hydrogen-bond donors (Lipinski definition) is 2. The van der Waals surface area contributed by atoms with E-state index >= 15 is 0 Å². The highest BCUT2D eigenvalue weighted by Gasteiger charge is 2.18. The Balaban J connectivity index is 0.00000112. The summed E-state index contributed by atoms with van der Waals surface area (Å²) in [6.07, 6.45) is 6.40. The molecule has 3 nitrogen and oxygen atoms in total. The van der Waals surface area contributed by atoms with Crippen molar-refractivity contribution in [2.24, 2.45) is 5.73 Å². The largest absolute Gasteiger partial charge is 0.367 e. The van der Waals surface area contributed by atoms with Gasteiger partial charge in [0.25, 0.3) is 0 Å². The van der Waals surface area contributed by atoms with E-state index in [1.807, 2.05) is 24.4 Å². The van der Waals surface area contributed by atoms with Crippen LogP contribution >= 0.6 is 12.4 Å². The molecule has 1 aliphatic carbocycles. The summed E-state index contributed by atoms with van der Waals surface area (Å²) in [5.74, 6) is 0.980. The van der Waals surface area contributed by atoms with E-state index in [4.69, 9.17) is 5.73 Å². The molecule has 0 unspecified atom stereocenters. The van der Waals surface area contributed by atoms with Crippen LogP contribution in [0.15, 0.2) is 24.4 Å². The fraction of sp³-hybridized carbons (Fsp3) is 0.545. The number of nitrogens with one attached hydrogen (secondary N) is 1. The normalized spacial score (nSPS) is 25.4. The lowest BCUT2D eigenvalue weighted by molar-refractivity contribution is 0.410. The maximum atomic E-state index is 5.85. The van der Waals surface area contributed by atoms with Gasteiger partial charge >= 0.3 is 0 Å². The highest BCUT2D eigenvalue weighted by Crippen LogP contribution is 2.19. The molecular formula is C11H18ClN3. The molecule has 1 fully saturated rings. The summed E-state index contributed by atoms with van der Waals surface area (Å²) in [4.78, 5) is 4.25. The molecule has 1 aromatic rings. The van der Waals surface area contributed by atoms with E-state index < -0.39 is 0 Å². The van der Waals surface area contributed by atoms with Gasteiger partial charge in [0.1, 0.15) is 5.82 Å². The van der Waals surface area contributed by atoms with E-state index in [9.17, 15) is 0 Å². The first-order valence-electron chi connectivity index (χ1n) is 5.28. The predicted molar refractivity (Wildman–Crippen MR) is 65.3 cm³/mol. The van der Waals surface area contributed by atoms with Crippen molar-refractivity contribution < 1.29 is 0 Å². The van der Waals surface area contributed by atoms with Crippen LogP contribution in [0, 0.1) is 0 Å². The molecule has 0 aromatic carbocycles. The van der Waals surface area contributed by atoms with Crippen molar-refractivity contribution in [2.75, 3.05) is 5.32 Å². The average Bonchev–Trinajstić information content (AvgIpc) is 2.23. The molecule has 0 bridgehead atoms. The first-order chi connectivity index (χ1) is 6.84. The number of halogens is 1. The van der Waals surface area contributed by atoms with E-state index in [1.165, 1.54) is 0 Å². The number of anilines is 1. The zero-order valence-corrected chi connectivity index (χ0v) is 9.54. The molecule has 0 saturated heterocycles. The van der Waals surface area contributed by atoms with Crippen LogP contribution in [0.4, 0.5) is 5.82 Å². The first kappa shape index (κ1) is 12.3. The van der Waals surface area contributed by atoms with Crippen molar-refractivity contribution in [3.63, 3.8) is 0 Å². The van der Waals surface area contributed by atoms with Crippen LogP contribution in [-0.4, -0.2) is 17.1 Å². The molecule has 1 heterocycles. The van der Waals surface area contributed by atoms with Gasteiger partial charge in [0, 0.05) is 18.3 Å². The SMILES string of the molecule is Cl.NC1CCC(Nc2ccccn2)CC1. The maximum Gasteiger partial charge on any atom is 0.126 e. The minimum Gasteiger partial charge on any atom is -0.367 e. The van der Waals surface area contributed by atoms with Gasteiger partial charge in [-0.25, -0.2) is 4.98 Å². The van der Waals surface area contributed by atoms with E-state index in [0.717, 1.165) is 31.5 Å². The fourth-order valence-corrected chi connectivity index (χ4v) is 1.92. The second-order valence-electron chi connectivity index (χ2n) is 3.97. The number of pyridine rings is 1. The second kappa shape index (κ2) is 5.93. The van der Waals surface area contributed by atoms with Crippen LogP contribution in [0.5, 0.6) is 0 Å². The van der Waals surface area contributed by atoms with Gasteiger partial charge in [-0.05, 0) is 37.8 Å². The van der Waals surface area contributed by atoms with Crippen molar-refractivity contribution in [1.82, 2.24) is 4.98 Å². The molecule has 1 aliphatic rings. The Bertz CT molecular complexity index is 270. The van der Waals surface area contributed by atoms with Crippen LogP contribution in [0.25, 0.3) is 0 Å². The van der Waals surface area contributed by atoms with Crippen molar-refractivity contribution in [3.05, 3.63) is 24.4 Å². The predicted octanol–water partition coefficient (Wildman–Crippen LogP) is 2.19. The standard InChI is InChI=1S/C11H17N3.ClH/c12-9-4-6-10(7-5-9)14-11-3-1-2-8-13-11;/h1-3,8-10H,4-7,12H2,(H,13,14);1H. The second-order valence-corrected chi connectivity index (χ2v) is 3.97. The highest BCUT2D eigenvalue weighted by atomic mass is 35.5. The number of aromatic nitrogens is 1. The topological polar surface area (TPSA) is 50.9 Å². The maximum absolute atomic E-state index is 5.85. The van der Waals surface area contributed by atoms with Gasteiger partial charge in [0.15, 0.2) is 0 Å². The molecule has 0 spiro atoms. The summed E-state index contributed by atoms with van der Waals surface area (Å²) in [6.45, 7) is 0. The molecule has 1 aromatic heterocycles. The van der Waals surface area contributed by atoms with Gasteiger partial charge in [-0.15, -0.1) is 12.4 Å². The third kappa shape index (κ3) is 3.68. The Morgan fingerprint density at radius 2 is 1.93 bits per heavy atom. The summed E-state index contributed by atoms with van der Waals surface area (Å²) < 4.78 is 0. The van der Waals surface area contributed by atoms with Crippen molar-refractivity contribution in [3.8, 4) is 0 Å². The quantitative estimate of drug-likeness (QED) is 0.815. The smallest absolute Gasteiger partial charge is 0.126 e. The van der Waals surface area contributed by atoms with Crippen LogP contribution in [0.2, 0.25) is 0 Å². The zero-order chi connectivity index (χ0) is 9.80. The molecule has 84 valence electrons. The molecular weight excluding hydrogens is 210 g/mol. The summed E-state index contributed by atoms with van der Waals surface area (Å²) in [5.41, 5.74) is 5.85. The summed E-state index contributed by atoms with van der Waals surface area (Å²) in [7, 11) is 0. The molecule has 15 heavy (non-hydrogen) atoms. The minimum atomic E-state index is 0. The summed E-state index contributed by atoms with van der Waals surface area (Å²) in [6, 6.07) is 6.92. The molecule has 0 atom stereocenters. The summed E-state index contributed by atoms with van der Waals surface area (Å²) >= 11 is 0. The Morgan fingerprint density at radius 3 is 2.53 bits per heavy atom. The lowest BCUT2D eigenvalue weighted by Gasteiger charge is -2.27. The number of hydrogen-bond acceptors (Lipinski definition) is 3. The zero-order valence-electron chi connectivity index (χ0n) is 8.73. The van der Waals surface area contributed by atoms with Gasteiger partial charge < -0.3 is 11.1 Å². The monoisotopic (exact) mass is 227 g/mol. The van der Waals surface area contributed by atoms with Gasteiger partial charge in [-0.1, -0.05) is 6.07 Å². The third-order valence-corrected chi connectivity index (χ3v) is 2.79. The molecule has 1 saturated carbocycles. The van der Waals surface area contributed by atoms with E-state index in [0.29, 0.717) is 12.1 Å². The molecule has 2 rings (SSSR count). The molecule has 3 N–H and O–H groups in total. The average molecular weight is 228 g/mol. The minimum absolute atomic E-state index is 0. The van der Waals surface area contributed by atoms with Crippen molar-refractivity contribution in [2.45, 2.75) is 37.8 Å². The van der Waals surface area contributed by atoms with Gasteiger partial charge in [-0.3, -0.25) is 0 Å². The Morgan fingerprint density at radius 1 is 1.20 bits per heavy atom. The Labute approximate surface area is 96.9 Å². The lowest BCUT2D eigenvalue weighted by atomic mass is 9.92. The van der Waals surface area contributed by atoms with Crippen LogP contribution in [-0.2, 0) is 0 Å². The number of nitrogens with zero attached hydrogens (tertiary/aromatic N) is 1. The van der Waals surface area contributed by atoms with Gasteiger partial charge in [-0.2, -0.15) is 0 Å². The summed E-state index contributed by atoms with van der Waals surface area (Å²) in [5, 5.41) is 3.43. The Hall–Kier alpha value is -0.800. The van der Waals surface area contributed by atoms with Gasteiger partial charge in [0.05, 0.1) is 0 Å². The number of nitrogens with two attached hydrogens (primary N) is 1. The third-order valence-electron chi connectivity index (χ3n) is 2.79. The van der Waals surface area contributed by atoms with Crippen LogP contribution in [0.1, 0.15) is 25.7 Å². The van der Waals surface area contributed by atoms with Crippen molar-refractivity contribution in [1.29, 1.82) is 0 Å². The number of rotatable bonds is 2. The van der Waals surface area contributed by atoms with Crippen LogP contribution in [0.3, 0.4) is 0 Å². The van der Waals surface area contributed by atoms with E-state index in [1.54, 1.807) is 0 Å². The molecule has 4 heteroatoms. The fourth-order valence-electron chi connectivity index (χ4n) is 1.92. The van der Waals surface area contributed by atoms with E-state index in [-0.39, 0.29) is 12.4 Å². The van der Waals surface area contributed by atoms with Gasteiger partial charge in [0.2, 0.25) is 0 Å². The van der Waals surface area contributed by atoms with E-state index in [2.05, 4.69) is 10.3 Å². The first-order valence-corrected chi connectivity index (χ1v) is 5.28. The lowest BCUT2D eigenvalue weighted by Crippen LogP contribution is -2.32. The molecule has 0 aliphatic heterocycles. The molecule has 0 amide bonds.